The van der Waals surface area contributed by atoms with Crippen LogP contribution < -0.4 is 5.32 Å². The van der Waals surface area contributed by atoms with Gasteiger partial charge in [0.1, 0.15) is 0 Å². The molecular weight excluding hydrogens is 302 g/mol. The summed E-state index contributed by atoms with van der Waals surface area (Å²) < 4.78 is 2.00. The Kier molecular flexibility index (Phi) is 5.03. The van der Waals surface area contributed by atoms with Gasteiger partial charge in [-0.1, -0.05) is 42.5 Å². The predicted octanol–water partition coefficient (Wildman–Crippen LogP) is 2.92. The molecule has 5 nitrogen and oxygen atoms in total. The number of aromatic nitrogens is 2. The van der Waals surface area contributed by atoms with Crippen molar-refractivity contribution < 1.29 is 9.90 Å². The highest BCUT2D eigenvalue weighted by Gasteiger charge is 2.03. The van der Waals surface area contributed by atoms with Crippen LogP contribution in [0.25, 0.3) is 0 Å². The van der Waals surface area contributed by atoms with E-state index in [1.807, 2.05) is 41.1 Å². The predicted molar refractivity (Wildman–Crippen MR) is 91.7 cm³/mol. The summed E-state index contributed by atoms with van der Waals surface area (Å²) in [7, 11) is 0. The molecule has 0 aliphatic rings. The van der Waals surface area contributed by atoms with Crippen molar-refractivity contribution in [2.45, 2.75) is 19.6 Å². The quantitative estimate of drug-likeness (QED) is 0.702. The topological polar surface area (TPSA) is 67.1 Å². The first-order valence-electron chi connectivity index (χ1n) is 7.78. The van der Waals surface area contributed by atoms with Crippen molar-refractivity contribution in [1.82, 2.24) is 14.9 Å². The fourth-order valence-corrected chi connectivity index (χ4v) is 2.48. The maximum absolute atomic E-state index is 10.9. The van der Waals surface area contributed by atoms with Crippen LogP contribution in [-0.4, -0.2) is 20.6 Å². The molecule has 1 aromatic heterocycles. The van der Waals surface area contributed by atoms with Crippen LogP contribution in [0.4, 0.5) is 0 Å². The summed E-state index contributed by atoms with van der Waals surface area (Å²) in [6.45, 7) is 2.19. The highest BCUT2D eigenvalue weighted by Crippen LogP contribution is 2.07. The molecule has 0 radical (unpaired) electrons. The number of hydrogen-bond donors (Lipinski definition) is 2. The molecule has 24 heavy (non-hydrogen) atoms. The molecule has 0 saturated carbocycles. The fourth-order valence-electron chi connectivity index (χ4n) is 2.48. The van der Waals surface area contributed by atoms with Crippen LogP contribution in [0.3, 0.4) is 0 Å². The third-order valence-electron chi connectivity index (χ3n) is 3.73. The van der Waals surface area contributed by atoms with Gasteiger partial charge in [0.15, 0.2) is 0 Å². The molecule has 0 atom stereocenters. The number of hydrogen-bond acceptors (Lipinski definition) is 3. The van der Waals surface area contributed by atoms with Crippen LogP contribution >= 0.6 is 0 Å². The number of carboxylic acid groups (broad SMARTS) is 1. The lowest BCUT2D eigenvalue weighted by Gasteiger charge is -2.04. The van der Waals surface area contributed by atoms with Crippen LogP contribution in [0, 0.1) is 0 Å². The summed E-state index contributed by atoms with van der Waals surface area (Å²) in [5.74, 6) is -0.907. The van der Waals surface area contributed by atoms with E-state index in [1.54, 1.807) is 18.5 Å². The lowest BCUT2D eigenvalue weighted by molar-refractivity contribution is 0.0697. The van der Waals surface area contributed by atoms with Gasteiger partial charge in [-0.25, -0.2) is 9.78 Å². The van der Waals surface area contributed by atoms with Gasteiger partial charge in [-0.15, -0.1) is 0 Å². The Labute approximate surface area is 140 Å². The van der Waals surface area contributed by atoms with Crippen LogP contribution in [0.5, 0.6) is 0 Å². The molecule has 0 spiro atoms. The summed E-state index contributed by atoms with van der Waals surface area (Å²) in [6.07, 6.45) is 3.80. The molecule has 0 unspecified atom stereocenters. The van der Waals surface area contributed by atoms with E-state index in [4.69, 9.17) is 5.11 Å². The number of benzene rings is 2. The molecule has 2 aromatic carbocycles. The van der Waals surface area contributed by atoms with Gasteiger partial charge >= 0.3 is 5.97 Å². The minimum Gasteiger partial charge on any atom is -0.478 e. The molecule has 122 valence electrons. The van der Waals surface area contributed by atoms with Gasteiger partial charge in [0.2, 0.25) is 0 Å². The minimum atomic E-state index is -0.907. The van der Waals surface area contributed by atoms with Gasteiger partial charge in [-0.2, -0.15) is 0 Å². The minimum absolute atomic E-state index is 0.301. The van der Waals surface area contributed by atoms with Crippen LogP contribution in [0.2, 0.25) is 0 Å². The molecule has 0 amide bonds. The van der Waals surface area contributed by atoms with Crippen LogP contribution in [0.15, 0.2) is 67.1 Å². The first-order chi connectivity index (χ1) is 11.7. The Hall–Kier alpha value is -2.92. The molecule has 0 aliphatic heterocycles. The normalized spacial score (nSPS) is 10.7. The molecule has 3 aromatic rings. The molecule has 0 fully saturated rings. The van der Waals surface area contributed by atoms with Crippen molar-refractivity contribution in [3.63, 3.8) is 0 Å². The third kappa shape index (κ3) is 4.30. The van der Waals surface area contributed by atoms with Gasteiger partial charge < -0.3 is 15.0 Å². The molecule has 0 bridgehead atoms. The van der Waals surface area contributed by atoms with Crippen molar-refractivity contribution in [3.05, 3.63) is 89.5 Å². The van der Waals surface area contributed by atoms with Crippen LogP contribution in [0.1, 0.15) is 27.2 Å². The molecule has 0 aliphatic carbocycles. The summed E-state index contributed by atoms with van der Waals surface area (Å²) in [5, 5.41) is 12.3. The van der Waals surface area contributed by atoms with Gasteiger partial charge in [0, 0.05) is 25.8 Å². The molecule has 3 rings (SSSR count). The SMILES string of the molecule is O=C(O)c1ccc(Cn2cnc(CNCc3ccccc3)c2)cc1. The molecule has 1 heterocycles. The van der Waals surface area contributed by atoms with E-state index in [2.05, 4.69) is 22.4 Å². The molecule has 2 N–H and O–H groups in total. The standard InChI is InChI=1S/C19H19N3O2/c23-19(24)17-8-6-16(7-9-17)12-22-13-18(21-14-22)11-20-10-15-4-2-1-3-5-15/h1-9,13-14,20H,10-12H2,(H,23,24). The van der Waals surface area contributed by atoms with Crippen molar-refractivity contribution in [3.8, 4) is 0 Å². The Balaban J connectivity index is 1.52. The first-order valence-corrected chi connectivity index (χ1v) is 7.78. The number of carbonyl (C=O) groups is 1. The van der Waals surface area contributed by atoms with E-state index in [9.17, 15) is 4.79 Å². The Morgan fingerprint density at radius 1 is 1.00 bits per heavy atom. The Morgan fingerprint density at radius 2 is 1.75 bits per heavy atom. The van der Waals surface area contributed by atoms with E-state index >= 15 is 0 Å². The maximum atomic E-state index is 10.9. The number of aromatic carboxylic acids is 1. The average molecular weight is 321 g/mol. The fraction of sp³-hybridized carbons (Fsp3) is 0.158. The zero-order valence-electron chi connectivity index (χ0n) is 13.2. The molecule has 5 heteroatoms. The van der Waals surface area contributed by atoms with Gasteiger partial charge in [0.05, 0.1) is 17.6 Å². The van der Waals surface area contributed by atoms with Crippen molar-refractivity contribution in [2.24, 2.45) is 0 Å². The van der Waals surface area contributed by atoms with Gasteiger partial charge in [0.25, 0.3) is 0 Å². The second kappa shape index (κ2) is 7.57. The Morgan fingerprint density at radius 3 is 2.46 bits per heavy atom. The highest BCUT2D eigenvalue weighted by molar-refractivity contribution is 5.87. The van der Waals surface area contributed by atoms with Crippen LogP contribution in [-0.2, 0) is 19.6 Å². The van der Waals surface area contributed by atoms with Crippen molar-refractivity contribution in [1.29, 1.82) is 0 Å². The zero-order chi connectivity index (χ0) is 16.8. The average Bonchev–Trinajstić information content (AvgIpc) is 3.04. The Bertz CT molecular complexity index is 795. The van der Waals surface area contributed by atoms with E-state index < -0.39 is 5.97 Å². The number of nitrogens with zero attached hydrogens (tertiary/aromatic N) is 2. The summed E-state index contributed by atoms with van der Waals surface area (Å²) in [4.78, 5) is 15.3. The van der Waals surface area contributed by atoms with Gasteiger partial charge in [-0.05, 0) is 23.3 Å². The second-order valence-electron chi connectivity index (χ2n) is 5.63. The summed E-state index contributed by atoms with van der Waals surface area (Å²) in [5.41, 5.74) is 3.57. The van der Waals surface area contributed by atoms with E-state index in [1.165, 1.54) is 5.56 Å². The monoisotopic (exact) mass is 321 g/mol. The number of imidazole rings is 1. The van der Waals surface area contributed by atoms with E-state index in [-0.39, 0.29) is 0 Å². The lowest BCUT2D eigenvalue weighted by atomic mass is 10.1. The zero-order valence-corrected chi connectivity index (χ0v) is 13.2. The number of nitrogens with one attached hydrogen (secondary N) is 1. The maximum Gasteiger partial charge on any atom is 0.335 e. The largest absolute Gasteiger partial charge is 0.478 e. The molecular formula is C19H19N3O2. The summed E-state index contributed by atoms with van der Waals surface area (Å²) >= 11 is 0. The third-order valence-corrected chi connectivity index (χ3v) is 3.73. The number of rotatable bonds is 7. The van der Waals surface area contributed by atoms with E-state index in [0.717, 1.165) is 17.8 Å². The second-order valence-corrected chi connectivity index (χ2v) is 5.63. The van der Waals surface area contributed by atoms with Crippen molar-refractivity contribution in [2.75, 3.05) is 0 Å². The number of carboxylic acids is 1. The van der Waals surface area contributed by atoms with Crippen molar-refractivity contribution >= 4 is 5.97 Å². The summed E-state index contributed by atoms with van der Waals surface area (Å²) in [6, 6.07) is 17.1. The van der Waals surface area contributed by atoms with Gasteiger partial charge in [-0.3, -0.25) is 0 Å². The lowest BCUT2D eigenvalue weighted by Crippen LogP contribution is -2.12. The van der Waals surface area contributed by atoms with E-state index in [0.29, 0.717) is 18.7 Å². The first kappa shape index (κ1) is 16.0. The smallest absolute Gasteiger partial charge is 0.335 e. The highest BCUT2D eigenvalue weighted by atomic mass is 16.4. The molecule has 0 saturated heterocycles.